The Labute approximate surface area is 256 Å². The van der Waals surface area contributed by atoms with Crippen molar-refractivity contribution in [3.63, 3.8) is 0 Å². The summed E-state index contributed by atoms with van der Waals surface area (Å²) in [5.41, 5.74) is 6.10. The maximum Gasteiger partial charge on any atom is 0.490 e. The van der Waals surface area contributed by atoms with E-state index in [4.69, 9.17) is 20.4 Å². The molecule has 0 bridgehead atoms. The van der Waals surface area contributed by atoms with Crippen LogP contribution in [-0.4, -0.2) is 78.9 Å². The molecule has 0 spiro atoms. The largest absolute Gasteiger partial charge is 0.490 e. The van der Waals surface area contributed by atoms with E-state index in [0.29, 0.717) is 41.6 Å². The van der Waals surface area contributed by atoms with Crippen LogP contribution in [0.25, 0.3) is 0 Å². The van der Waals surface area contributed by atoms with E-state index in [1.807, 2.05) is 12.1 Å². The number of ether oxygens (including phenoxy) is 1. The van der Waals surface area contributed by atoms with Crippen molar-refractivity contribution >= 4 is 47.7 Å². The van der Waals surface area contributed by atoms with E-state index in [9.17, 15) is 37.1 Å². The summed E-state index contributed by atoms with van der Waals surface area (Å²) in [6, 6.07) is 12.5. The van der Waals surface area contributed by atoms with Gasteiger partial charge in [-0.3, -0.25) is 19.8 Å². The molecule has 242 valence electrons. The quantitative estimate of drug-likeness (QED) is 0.116. The minimum Gasteiger partial charge on any atom is -0.475 e. The molecule has 15 heteroatoms. The van der Waals surface area contributed by atoms with Crippen LogP contribution in [0.4, 0.5) is 24.5 Å². The van der Waals surface area contributed by atoms with E-state index in [1.54, 1.807) is 30.3 Å². The van der Waals surface area contributed by atoms with Gasteiger partial charge in [-0.1, -0.05) is 24.6 Å². The average Bonchev–Trinajstić information content (AvgIpc) is 3.68. The molecule has 45 heavy (non-hydrogen) atoms. The number of benzene rings is 2. The molecule has 2 aliphatic heterocycles. The summed E-state index contributed by atoms with van der Waals surface area (Å²) < 4.78 is 36.7. The number of hydrogen-bond donors (Lipinski definition) is 4. The lowest BCUT2D eigenvalue weighted by molar-refractivity contribution is -0.192. The fraction of sp³-hybridized carbons (Fsp3) is 0.400. The average molecular weight is 635 g/mol. The number of amides is 2. The minimum atomic E-state index is -5.08. The van der Waals surface area contributed by atoms with Crippen LogP contribution in [0, 0.1) is 0 Å². The number of nitrogens with two attached hydrogens (primary N) is 1. The monoisotopic (exact) mass is 634 g/mol. The number of nitrogens with zero attached hydrogens (tertiary/aromatic N) is 1. The van der Waals surface area contributed by atoms with E-state index >= 15 is 0 Å². The van der Waals surface area contributed by atoms with Crippen molar-refractivity contribution in [2.75, 3.05) is 25.1 Å². The number of aryl methyl sites for hydroxylation is 1. The number of nitrogens with one attached hydrogen (secondary N) is 2. The standard InChI is InChI=1S/C28H32N4O6.C2HF3O2/c1-38-26(37)28(27(18-34,31-28)12-14-33)16-20-6-9-21(10-7-20)32-23-11-8-19(5-3-2-4-13-29)15-22(23)25(36)30-17-24(32)35;3-2(4,5)1(6)7/h6-11,14-15,18,31H,2-5,12-13,16-17,29H2,1H3,(H,30,36);(H,6,7)/t27?,28-;/m0./s1. The lowest BCUT2D eigenvalue weighted by atomic mass is 9.86. The molecule has 1 unspecified atom stereocenters. The van der Waals surface area contributed by atoms with Gasteiger partial charge in [-0.2, -0.15) is 13.2 Å². The van der Waals surface area contributed by atoms with Gasteiger partial charge in [0.1, 0.15) is 23.7 Å². The number of esters is 1. The third-order valence-corrected chi connectivity index (χ3v) is 7.55. The second-order valence-electron chi connectivity index (χ2n) is 10.5. The number of methoxy groups -OCH3 is 1. The molecule has 1 fully saturated rings. The fourth-order valence-electron chi connectivity index (χ4n) is 5.15. The Balaban J connectivity index is 0.000000707. The molecule has 0 aromatic heterocycles. The molecular weight excluding hydrogens is 601 g/mol. The van der Waals surface area contributed by atoms with Crippen molar-refractivity contribution in [1.29, 1.82) is 0 Å². The summed E-state index contributed by atoms with van der Waals surface area (Å²) in [5, 5.41) is 12.7. The number of fused-ring (bicyclic) bond motifs is 1. The number of aliphatic carboxylic acids is 1. The third kappa shape index (κ3) is 7.72. The number of halogens is 3. The van der Waals surface area contributed by atoms with Gasteiger partial charge >= 0.3 is 18.1 Å². The van der Waals surface area contributed by atoms with Crippen molar-refractivity contribution in [2.24, 2.45) is 5.73 Å². The first-order chi connectivity index (χ1) is 21.3. The van der Waals surface area contributed by atoms with Crippen molar-refractivity contribution in [2.45, 2.75) is 55.8 Å². The molecule has 5 N–H and O–H groups in total. The predicted octanol–water partition coefficient (Wildman–Crippen LogP) is 1.98. The highest BCUT2D eigenvalue weighted by molar-refractivity contribution is 6.13. The van der Waals surface area contributed by atoms with Gasteiger partial charge in [0.25, 0.3) is 11.8 Å². The highest BCUT2D eigenvalue weighted by atomic mass is 19.4. The summed E-state index contributed by atoms with van der Waals surface area (Å²) in [4.78, 5) is 71.8. The molecule has 2 heterocycles. The Morgan fingerprint density at radius 3 is 2.27 bits per heavy atom. The number of rotatable bonds is 12. The SMILES string of the molecule is COC(=O)[C@]1(Cc2ccc(N3C(=O)CNC(=O)c4cc(CCCCCN)ccc43)cc2)NC1(C=O)CC=O.O=C(O)C(F)(F)F. The van der Waals surface area contributed by atoms with Gasteiger partial charge in [0.15, 0.2) is 0 Å². The van der Waals surface area contributed by atoms with Gasteiger partial charge in [0.05, 0.1) is 24.9 Å². The highest BCUT2D eigenvalue weighted by Gasteiger charge is 2.72. The summed E-state index contributed by atoms with van der Waals surface area (Å²) in [5.74, 6) is -3.99. The zero-order valence-electron chi connectivity index (χ0n) is 24.3. The minimum absolute atomic E-state index is 0.116. The third-order valence-electron chi connectivity index (χ3n) is 7.55. The Bertz CT molecular complexity index is 1450. The number of hydrogen-bond acceptors (Lipinski definition) is 9. The lowest BCUT2D eigenvalue weighted by Gasteiger charge is -2.23. The van der Waals surface area contributed by atoms with Crippen LogP contribution in [0.3, 0.4) is 0 Å². The maximum atomic E-state index is 13.1. The zero-order chi connectivity index (χ0) is 33.4. The van der Waals surface area contributed by atoms with Gasteiger partial charge in [-0.15, -0.1) is 0 Å². The van der Waals surface area contributed by atoms with Crippen molar-refractivity contribution in [1.82, 2.24) is 10.6 Å². The van der Waals surface area contributed by atoms with Crippen LogP contribution in [-0.2, 0) is 41.6 Å². The number of carboxylic acids is 1. The molecular formula is C30H33F3N4O8. The van der Waals surface area contributed by atoms with E-state index < -0.39 is 29.2 Å². The zero-order valence-corrected chi connectivity index (χ0v) is 24.3. The Hall–Kier alpha value is -4.63. The van der Waals surface area contributed by atoms with Gasteiger partial charge in [0, 0.05) is 18.5 Å². The smallest absolute Gasteiger partial charge is 0.475 e. The lowest BCUT2D eigenvalue weighted by Crippen LogP contribution is -2.39. The molecule has 2 aliphatic rings. The first-order valence-corrected chi connectivity index (χ1v) is 13.9. The van der Waals surface area contributed by atoms with Crippen molar-refractivity contribution in [3.8, 4) is 0 Å². The van der Waals surface area contributed by atoms with Gasteiger partial charge in [-0.25, -0.2) is 9.59 Å². The number of carbonyl (C=O) groups excluding carboxylic acids is 5. The number of carbonyl (C=O) groups is 6. The predicted molar refractivity (Wildman–Crippen MR) is 154 cm³/mol. The molecule has 12 nitrogen and oxygen atoms in total. The van der Waals surface area contributed by atoms with E-state index in [-0.39, 0.29) is 31.2 Å². The number of anilines is 2. The van der Waals surface area contributed by atoms with E-state index in [0.717, 1.165) is 31.2 Å². The number of unbranched alkanes of at least 4 members (excludes halogenated alkanes) is 2. The second kappa shape index (κ2) is 14.4. The molecule has 2 aromatic carbocycles. The molecule has 2 atom stereocenters. The molecule has 0 radical (unpaired) electrons. The maximum absolute atomic E-state index is 13.1. The molecule has 4 rings (SSSR count). The van der Waals surface area contributed by atoms with Gasteiger partial charge < -0.3 is 30.5 Å². The molecule has 0 saturated carbocycles. The topological polar surface area (TPSA) is 195 Å². The molecule has 1 saturated heterocycles. The van der Waals surface area contributed by atoms with Crippen LogP contribution < -0.4 is 21.3 Å². The normalized spacial score (nSPS) is 20.5. The Kier molecular flexibility index (Phi) is 11.2. The summed E-state index contributed by atoms with van der Waals surface area (Å²) >= 11 is 0. The molecule has 2 aromatic rings. The first-order valence-electron chi connectivity index (χ1n) is 13.9. The number of alkyl halides is 3. The number of carboxylic acid groups (broad SMARTS) is 1. The second-order valence-corrected chi connectivity index (χ2v) is 10.5. The van der Waals surface area contributed by atoms with Crippen LogP contribution in [0.15, 0.2) is 42.5 Å². The van der Waals surface area contributed by atoms with E-state index in [2.05, 4.69) is 10.6 Å². The van der Waals surface area contributed by atoms with Crippen LogP contribution in [0.1, 0.15) is 47.2 Å². The molecule has 0 aliphatic carbocycles. The first kappa shape index (κ1) is 34.9. The number of aldehydes is 2. The van der Waals surface area contributed by atoms with Gasteiger partial charge in [-0.05, 0) is 61.2 Å². The van der Waals surface area contributed by atoms with Crippen LogP contribution in [0.5, 0.6) is 0 Å². The fourth-order valence-corrected chi connectivity index (χ4v) is 5.15. The van der Waals surface area contributed by atoms with Crippen molar-refractivity contribution in [3.05, 3.63) is 59.2 Å². The van der Waals surface area contributed by atoms with Crippen LogP contribution >= 0.6 is 0 Å². The summed E-state index contributed by atoms with van der Waals surface area (Å²) in [6.45, 7) is 0.503. The van der Waals surface area contributed by atoms with Crippen molar-refractivity contribution < 1.29 is 51.8 Å². The van der Waals surface area contributed by atoms with Gasteiger partial charge in [0.2, 0.25) is 0 Å². The summed E-state index contributed by atoms with van der Waals surface area (Å²) in [6.07, 6.45) is -0.217. The Morgan fingerprint density at radius 1 is 1.07 bits per heavy atom. The highest BCUT2D eigenvalue weighted by Crippen LogP contribution is 2.43. The summed E-state index contributed by atoms with van der Waals surface area (Å²) in [7, 11) is 1.23. The molecule has 2 amide bonds. The van der Waals surface area contributed by atoms with Crippen LogP contribution in [0.2, 0.25) is 0 Å². The Morgan fingerprint density at radius 2 is 1.71 bits per heavy atom. The van der Waals surface area contributed by atoms with E-state index in [1.165, 1.54) is 12.0 Å².